The first kappa shape index (κ1) is 29.2. The van der Waals surface area contributed by atoms with Crippen LogP contribution < -0.4 is 9.64 Å². The maximum absolute atomic E-state index is 14.2. The number of amides is 1. The standard InChI is InChI=1S/C32H35F3N6O2/c1-3-28(42)41-16-15-40(19-21(41)11-13-36)29-24-10-12-31(17-26(32(33,34)35)23-8-4-5-9-25(23)31)18-27(24)37-30(38-29)43-20-22-7-6-14-39(22)2/h3-5,8-9,17,21-22H,1,6-7,10-12,14-16,18-20H2,2H3/t21-,22-,31-/m0/s1. The highest BCUT2D eigenvalue weighted by Gasteiger charge is 2.49. The molecule has 0 radical (unpaired) electrons. The zero-order valence-electron chi connectivity index (χ0n) is 24.2. The van der Waals surface area contributed by atoms with Crippen LogP contribution in [0.3, 0.4) is 0 Å². The average Bonchev–Trinajstić information content (AvgIpc) is 3.56. The Morgan fingerprint density at radius 3 is 2.77 bits per heavy atom. The first-order chi connectivity index (χ1) is 20.6. The molecule has 3 heterocycles. The van der Waals surface area contributed by atoms with Crippen LogP contribution in [-0.2, 0) is 23.1 Å². The number of ether oxygens (including phenoxy) is 1. The summed E-state index contributed by atoms with van der Waals surface area (Å²) in [5, 5.41) is 9.49. The molecule has 3 atom stereocenters. The van der Waals surface area contributed by atoms with E-state index in [4.69, 9.17) is 14.7 Å². The molecule has 1 amide bonds. The van der Waals surface area contributed by atoms with E-state index in [1.54, 1.807) is 29.2 Å². The zero-order valence-corrected chi connectivity index (χ0v) is 24.2. The van der Waals surface area contributed by atoms with Crippen molar-refractivity contribution in [1.29, 1.82) is 5.26 Å². The molecule has 8 nitrogen and oxygen atoms in total. The summed E-state index contributed by atoms with van der Waals surface area (Å²) in [7, 11) is 2.06. The third-order valence-corrected chi connectivity index (χ3v) is 9.48. The van der Waals surface area contributed by atoms with E-state index in [-0.39, 0.29) is 36.0 Å². The summed E-state index contributed by atoms with van der Waals surface area (Å²) < 4.78 is 48.7. The number of nitrogens with zero attached hydrogens (tertiary/aromatic N) is 6. The van der Waals surface area contributed by atoms with Gasteiger partial charge in [0.15, 0.2) is 0 Å². The predicted molar refractivity (Wildman–Crippen MR) is 155 cm³/mol. The van der Waals surface area contributed by atoms with E-state index >= 15 is 0 Å². The monoisotopic (exact) mass is 592 g/mol. The topological polar surface area (TPSA) is 85.6 Å². The van der Waals surface area contributed by atoms with Gasteiger partial charge in [-0.1, -0.05) is 36.9 Å². The second kappa shape index (κ2) is 11.3. The van der Waals surface area contributed by atoms with Crippen molar-refractivity contribution >= 4 is 17.3 Å². The van der Waals surface area contributed by atoms with Crippen molar-refractivity contribution in [3.8, 4) is 12.1 Å². The van der Waals surface area contributed by atoms with Gasteiger partial charge in [0.05, 0.1) is 29.8 Å². The second-order valence-electron chi connectivity index (χ2n) is 12.0. The highest BCUT2D eigenvalue weighted by atomic mass is 19.4. The smallest absolute Gasteiger partial charge is 0.416 e. The maximum Gasteiger partial charge on any atom is 0.416 e. The molecule has 0 unspecified atom stereocenters. The molecule has 226 valence electrons. The van der Waals surface area contributed by atoms with Crippen molar-refractivity contribution in [2.45, 2.75) is 62.2 Å². The van der Waals surface area contributed by atoms with Crippen molar-refractivity contribution in [1.82, 2.24) is 19.8 Å². The van der Waals surface area contributed by atoms with Crippen molar-refractivity contribution < 1.29 is 22.7 Å². The van der Waals surface area contributed by atoms with Gasteiger partial charge in [-0.2, -0.15) is 28.4 Å². The fourth-order valence-electron chi connectivity index (χ4n) is 7.23. The summed E-state index contributed by atoms with van der Waals surface area (Å²) in [6.07, 6.45) is 1.72. The van der Waals surface area contributed by atoms with Gasteiger partial charge in [0.2, 0.25) is 5.91 Å². The Morgan fingerprint density at radius 1 is 1.23 bits per heavy atom. The largest absolute Gasteiger partial charge is 0.462 e. The van der Waals surface area contributed by atoms with Crippen molar-refractivity contribution in [3.63, 3.8) is 0 Å². The molecule has 2 aromatic rings. The number of carbonyl (C=O) groups is 1. The van der Waals surface area contributed by atoms with Gasteiger partial charge >= 0.3 is 12.2 Å². The molecule has 1 aromatic carbocycles. The molecular weight excluding hydrogens is 557 g/mol. The molecule has 1 spiro atoms. The summed E-state index contributed by atoms with van der Waals surface area (Å²) in [5.41, 5.74) is 1.05. The van der Waals surface area contributed by atoms with Crippen LogP contribution in [0.15, 0.2) is 43.0 Å². The molecule has 43 heavy (non-hydrogen) atoms. The number of halogens is 3. The van der Waals surface area contributed by atoms with Gasteiger partial charge in [0, 0.05) is 43.1 Å². The first-order valence-corrected chi connectivity index (χ1v) is 14.8. The molecule has 0 saturated carbocycles. The number of hydrogen-bond donors (Lipinski definition) is 0. The fraction of sp³-hybridized carbons (Fsp3) is 0.500. The number of benzene rings is 1. The van der Waals surface area contributed by atoms with E-state index in [9.17, 15) is 23.2 Å². The van der Waals surface area contributed by atoms with Crippen LogP contribution in [-0.4, -0.2) is 83.8 Å². The normalized spacial score (nSPS) is 25.2. The van der Waals surface area contributed by atoms with Crippen LogP contribution in [0, 0.1) is 11.3 Å². The molecule has 2 fully saturated rings. The lowest BCUT2D eigenvalue weighted by Gasteiger charge is -2.42. The Balaban J connectivity index is 1.38. The minimum Gasteiger partial charge on any atom is -0.462 e. The van der Waals surface area contributed by atoms with Gasteiger partial charge < -0.3 is 19.4 Å². The van der Waals surface area contributed by atoms with E-state index in [2.05, 4.69) is 29.5 Å². The number of anilines is 1. The lowest BCUT2D eigenvalue weighted by atomic mass is 9.70. The van der Waals surface area contributed by atoms with Gasteiger partial charge in [-0.25, -0.2) is 0 Å². The molecular formula is C32H35F3N6O2. The Hall–Kier alpha value is -3.91. The molecule has 2 saturated heterocycles. The maximum atomic E-state index is 14.2. The van der Waals surface area contributed by atoms with Crippen LogP contribution >= 0.6 is 0 Å². The Kier molecular flexibility index (Phi) is 7.67. The first-order valence-electron chi connectivity index (χ1n) is 14.8. The third-order valence-electron chi connectivity index (χ3n) is 9.48. The van der Waals surface area contributed by atoms with Gasteiger partial charge in [-0.3, -0.25) is 4.79 Å². The minimum absolute atomic E-state index is 0.158. The lowest BCUT2D eigenvalue weighted by Crippen LogP contribution is -2.55. The van der Waals surface area contributed by atoms with Crippen molar-refractivity contribution in [2.24, 2.45) is 0 Å². The van der Waals surface area contributed by atoms with Gasteiger partial charge in [-0.05, 0) is 56.5 Å². The van der Waals surface area contributed by atoms with Crippen molar-refractivity contribution in [2.75, 3.05) is 44.7 Å². The zero-order chi connectivity index (χ0) is 30.4. The number of aromatic nitrogens is 2. The Bertz CT molecular complexity index is 1500. The molecule has 2 aliphatic heterocycles. The second-order valence-corrected chi connectivity index (χ2v) is 12.0. The number of likely N-dealkylation sites (N-methyl/N-ethyl adjacent to an activating group) is 1. The lowest BCUT2D eigenvalue weighted by molar-refractivity contribution is -0.128. The van der Waals surface area contributed by atoms with Gasteiger partial charge in [0.1, 0.15) is 12.4 Å². The SMILES string of the molecule is C=CC(=O)N1CCN(c2nc(OC[C@@H]3CCCN3C)nc3c2CC[C@]2(C=C(C(F)(F)F)c4ccccc42)C3)C[C@@H]1CC#N. The molecule has 1 aromatic heterocycles. The van der Waals surface area contributed by atoms with E-state index in [1.165, 1.54) is 12.2 Å². The average molecular weight is 593 g/mol. The summed E-state index contributed by atoms with van der Waals surface area (Å²) in [6.45, 7) is 6.29. The van der Waals surface area contributed by atoms with E-state index in [0.717, 1.165) is 24.9 Å². The quantitative estimate of drug-likeness (QED) is 0.458. The van der Waals surface area contributed by atoms with Crippen molar-refractivity contribution in [3.05, 3.63) is 65.4 Å². The number of likely N-dealkylation sites (tertiary alicyclic amines) is 1. The number of carbonyl (C=O) groups excluding carboxylic acids is 1. The molecule has 0 N–H and O–H groups in total. The summed E-state index contributed by atoms with van der Waals surface area (Å²) >= 11 is 0. The van der Waals surface area contributed by atoms with E-state index < -0.39 is 17.2 Å². The van der Waals surface area contributed by atoms with Crippen LogP contribution in [0.1, 0.15) is 48.1 Å². The van der Waals surface area contributed by atoms with Crippen LogP contribution in [0.2, 0.25) is 0 Å². The predicted octanol–water partition coefficient (Wildman–Crippen LogP) is 4.45. The number of nitriles is 1. The number of hydrogen-bond acceptors (Lipinski definition) is 7. The van der Waals surface area contributed by atoms with Crippen LogP contribution in [0.4, 0.5) is 19.0 Å². The molecule has 4 aliphatic rings. The number of piperazine rings is 1. The fourth-order valence-corrected chi connectivity index (χ4v) is 7.23. The molecule has 6 rings (SSSR count). The van der Waals surface area contributed by atoms with Crippen LogP contribution in [0.5, 0.6) is 6.01 Å². The summed E-state index contributed by atoms with van der Waals surface area (Å²) in [5.74, 6) is 0.456. The Labute approximate surface area is 249 Å². The molecule has 0 bridgehead atoms. The minimum atomic E-state index is -4.46. The number of alkyl halides is 3. The van der Waals surface area contributed by atoms with Gasteiger partial charge in [-0.15, -0.1) is 0 Å². The summed E-state index contributed by atoms with van der Waals surface area (Å²) in [6, 6.07) is 9.08. The summed E-state index contributed by atoms with van der Waals surface area (Å²) in [4.78, 5) is 28.2. The van der Waals surface area contributed by atoms with E-state index in [0.29, 0.717) is 62.6 Å². The van der Waals surface area contributed by atoms with Gasteiger partial charge in [0.25, 0.3) is 0 Å². The third kappa shape index (κ3) is 5.37. The van der Waals surface area contributed by atoms with Crippen LogP contribution in [0.25, 0.3) is 5.57 Å². The molecule has 2 aliphatic carbocycles. The highest BCUT2D eigenvalue weighted by molar-refractivity contribution is 5.87. The highest BCUT2D eigenvalue weighted by Crippen LogP contribution is 2.53. The molecule has 11 heteroatoms. The number of allylic oxidation sites excluding steroid dienone is 2. The number of rotatable bonds is 6. The number of fused-ring (bicyclic) bond motifs is 3. The Morgan fingerprint density at radius 2 is 2.05 bits per heavy atom. The van der Waals surface area contributed by atoms with E-state index in [1.807, 2.05) is 0 Å².